The van der Waals surface area contributed by atoms with Gasteiger partial charge in [0.25, 0.3) is 0 Å². The van der Waals surface area contributed by atoms with Crippen LogP contribution in [-0.2, 0) is 20.4 Å². The van der Waals surface area contributed by atoms with Crippen LogP contribution in [0.25, 0.3) is 21.5 Å². The molecule has 0 radical (unpaired) electrons. The van der Waals surface area contributed by atoms with E-state index in [0.29, 0.717) is 0 Å². The Morgan fingerprint density at radius 1 is 0.642 bits per heavy atom. The third kappa shape index (κ3) is 8.12. The number of carbonyl (C=O) groups is 2. The van der Waals surface area contributed by atoms with Crippen molar-refractivity contribution in [2.75, 3.05) is 18.0 Å². The summed E-state index contributed by atoms with van der Waals surface area (Å²) in [5.74, 6) is -1.42. The largest absolute Gasteiger partial charge is 0.481 e. The molecular formula is C47H57N2O4+. The lowest BCUT2D eigenvalue weighted by molar-refractivity contribution is -0.438. The van der Waals surface area contributed by atoms with E-state index in [9.17, 15) is 9.59 Å². The van der Waals surface area contributed by atoms with Crippen LogP contribution in [0.15, 0.2) is 96.7 Å². The molecule has 4 aromatic carbocycles. The molecule has 0 fully saturated rings. The fourth-order valence-electron chi connectivity index (χ4n) is 8.94. The maximum atomic E-state index is 11.0. The molecule has 278 valence electrons. The molecular weight excluding hydrogens is 657 g/mol. The number of hydrogen-bond acceptors (Lipinski definition) is 3. The number of carboxylic acid groups (broad SMARTS) is 2. The summed E-state index contributed by atoms with van der Waals surface area (Å²) >= 11 is 0. The lowest BCUT2D eigenvalue weighted by atomic mass is 9.79. The molecule has 0 amide bonds. The molecule has 2 N–H and O–H groups in total. The smallest absolute Gasteiger partial charge is 0.303 e. The molecule has 4 aromatic rings. The molecule has 2 aliphatic heterocycles. The summed E-state index contributed by atoms with van der Waals surface area (Å²) in [6.07, 6.45) is 17.3. The van der Waals surface area contributed by atoms with Gasteiger partial charge in [0.1, 0.15) is 6.54 Å². The third-order valence-electron chi connectivity index (χ3n) is 11.6. The summed E-state index contributed by atoms with van der Waals surface area (Å²) in [4.78, 5) is 24.5. The minimum absolute atomic E-state index is 0.197. The van der Waals surface area contributed by atoms with Crippen LogP contribution in [0.1, 0.15) is 116 Å². The van der Waals surface area contributed by atoms with Crippen LogP contribution in [-0.4, -0.2) is 45.5 Å². The first kappa shape index (κ1) is 38.0. The van der Waals surface area contributed by atoms with Crippen LogP contribution < -0.4 is 4.90 Å². The van der Waals surface area contributed by atoms with Gasteiger partial charge in [0.15, 0.2) is 5.71 Å². The van der Waals surface area contributed by atoms with Crippen LogP contribution in [0, 0.1) is 0 Å². The van der Waals surface area contributed by atoms with Crippen molar-refractivity contribution in [2.45, 2.75) is 116 Å². The molecule has 0 unspecified atom stereocenters. The Morgan fingerprint density at radius 2 is 1.19 bits per heavy atom. The molecule has 6 heteroatoms. The Kier molecular flexibility index (Phi) is 11.9. The minimum Gasteiger partial charge on any atom is -0.481 e. The number of nitrogens with zero attached hydrogens (tertiary/aromatic N) is 2. The van der Waals surface area contributed by atoms with Gasteiger partial charge >= 0.3 is 11.9 Å². The summed E-state index contributed by atoms with van der Waals surface area (Å²) in [6, 6.07) is 26.6. The highest BCUT2D eigenvalue weighted by molar-refractivity contribution is 6.07. The van der Waals surface area contributed by atoms with E-state index in [4.69, 9.17) is 10.2 Å². The van der Waals surface area contributed by atoms with E-state index in [1.165, 1.54) is 55.5 Å². The van der Waals surface area contributed by atoms with E-state index in [1.807, 2.05) is 0 Å². The van der Waals surface area contributed by atoms with Crippen LogP contribution in [0.5, 0.6) is 0 Å². The number of benzene rings is 4. The second-order valence-electron chi connectivity index (χ2n) is 16.0. The second-order valence-corrected chi connectivity index (χ2v) is 16.0. The highest BCUT2D eigenvalue weighted by atomic mass is 16.4. The standard InChI is InChI=1S/C47H56N2O4/c1-46(2)40(48(32-17-9-5-7-11-26-42(50)51)38-30-28-34-20-13-15-22-36(34)44(38)46)24-19-25-41-47(3,4)45-37-23-16-14-21-35(37)29-31-39(45)49(41)33-18-10-6-8-12-27-43(52)53/h13-16,19-25,28-31H,5-12,17-18,26-27,32-33H2,1-4H3,(H-,50,51,52,53)/p+1. The van der Waals surface area contributed by atoms with Gasteiger partial charge in [0.2, 0.25) is 5.69 Å². The Morgan fingerprint density at radius 3 is 1.83 bits per heavy atom. The first-order chi connectivity index (χ1) is 25.5. The van der Waals surface area contributed by atoms with Crippen molar-refractivity contribution in [3.63, 3.8) is 0 Å². The van der Waals surface area contributed by atoms with Gasteiger partial charge in [0, 0.05) is 60.3 Å². The van der Waals surface area contributed by atoms with Gasteiger partial charge in [-0.15, -0.1) is 0 Å². The summed E-state index contributed by atoms with van der Waals surface area (Å²) < 4.78 is 2.54. The highest BCUT2D eigenvalue weighted by Gasteiger charge is 2.45. The van der Waals surface area contributed by atoms with Crippen molar-refractivity contribution in [1.82, 2.24) is 0 Å². The van der Waals surface area contributed by atoms with E-state index < -0.39 is 11.9 Å². The van der Waals surface area contributed by atoms with Crippen LogP contribution in [0.3, 0.4) is 0 Å². The summed E-state index contributed by atoms with van der Waals surface area (Å²) in [5.41, 5.74) is 7.56. The average molecular weight is 714 g/mol. The van der Waals surface area contributed by atoms with Gasteiger partial charge in [-0.2, -0.15) is 4.58 Å². The molecule has 2 aliphatic rings. The number of carboxylic acids is 2. The van der Waals surface area contributed by atoms with Gasteiger partial charge < -0.3 is 15.1 Å². The van der Waals surface area contributed by atoms with Crippen molar-refractivity contribution in [2.24, 2.45) is 0 Å². The zero-order chi connectivity index (χ0) is 37.6. The molecule has 6 nitrogen and oxygen atoms in total. The fourth-order valence-corrected chi connectivity index (χ4v) is 8.94. The van der Waals surface area contributed by atoms with E-state index in [0.717, 1.165) is 77.3 Å². The maximum absolute atomic E-state index is 11.0. The number of fused-ring (bicyclic) bond motifs is 6. The molecule has 0 saturated heterocycles. The molecule has 0 spiro atoms. The first-order valence-electron chi connectivity index (χ1n) is 19.8. The topological polar surface area (TPSA) is 80.9 Å². The van der Waals surface area contributed by atoms with Crippen molar-refractivity contribution in [3.05, 3.63) is 108 Å². The number of hydrogen-bond donors (Lipinski definition) is 2. The normalized spacial score (nSPS) is 16.7. The van der Waals surface area contributed by atoms with E-state index in [-0.39, 0.29) is 23.7 Å². The quantitative estimate of drug-likeness (QED) is 0.0792. The van der Waals surface area contributed by atoms with Gasteiger partial charge in [-0.25, -0.2) is 0 Å². The van der Waals surface area contributed by atoms with Crippen LogP contribution >= 0.6 is 0 Å². The van der Waals surface area contributed by atoms with Crippen molar-refractivity contribution in [3.8, 4) is 0 Å². The molecule has 6 rings (SSSR count). The molecule has 0 atom stereocenters. The first-order valence-corrected chi connectivity index (χ1v) is 19.8. The number of anilines is 1. The third-order valence-corrected chi connectivity index (χ3v) is 11.6. The monoisotopic (exact) mass is 713 g/mol. The Bertz CT molecular complexity index is 2070. The van der Waals surface area contributed by atoms with Gasteiger partial charge in [0.05, 0.1) is 5.41 Å². The molecule has 0 aliphatic carbocycles. The number of rotatable bonds is 18. The second kappa shape index (κ2) is 16.5. The van der Waals surface area contributed by atoms with Crippen molar-refractivity contribution < 1.29 is 24.4 Å². The fraction of sp³-hybridized carbons (Fsp3) is 0.426. The predicted molar refractivity (Wildman–Crippen MR) is 219 cm³/mol. The van der Waals surface area contributed by atoms with E-state index in [2.05, 4.69) is 128 Å². The number of aliphatic carboxylic acids is 2. The van der Waals surface area contributed by atoms with Gasteiger partial charge in [-0.3, -0.25) is 9.59 Å². The number of unbranched alkanes of at least 4 members (excludes halogenated alkanes) is 8. The molecule has 0 bridgehead atoms. The summed E-state index contributed by atoms with van der Waals surface area (Å²) in [7, 11) is 0. The molecule has 0 aromatic heterocycles. The van der Waals surface area contributed by atoms with Crippen molar-refractivity contribution in [1.29, 1.82) is 0 Å². The zero-order valence-corrected chi connectivity index (χ0v) is 32.2. The molecule has 0 saturated carbocycles. The van der Waals surface area contributed by atoms with Gasteiger partial charge in [-0.05, 0) is 84.8 Å². The lowest BCUT2D eigenvalue weighted by Crippen LogP contribution is -2.28. The Hall–Kier alpha value is -4.71. The van der Waals surface area contributed by atoms with Crippen molar-refractivity contribution >= 4 is 50.6 Å². The Balaban J connectivity index is 1.31. The number of allylic oxidation sites excluding steroid dienone is 4. The van der Waals surface area contributed by atoms with Gasteiger partial charge in [-0.1, -0.05) is 107 Å². The van der Waals surface area contributed by atoms with Crippen LogP contribution in [0.4, 0.5) is 11.4 Å². The zero-order valence-electron chi connectivity index (χ0n) is 32.2. The maximum Gasteiger partial charge on any atom is 0.303 e. The van der Waals surface area contributed by atoms with E-state index >= 15 is 0 Å². The molecule has 2 heterocycles. The van der Waals surface area contributed by atoms with E-state index in [1.54, 1.807) is 0 Å². The lowest BCUT2D eigenvalue weighted by Gasteiger charge is -2.27. The summed E-state index contributed by atoms with van der Waals surface area (Å²) in [5, 5.41) is 23.2. The predicted octanol–water partition coefficient (Wildman–Crippen LogP) is 11.5. The summed E-state index contributed by atoms with van der Waals surface area (Å²) in [6.45, 7) is 11.3. The highest BCUT2D eigenvalue weighted by Crippen LogP contribution is 2.51. The van der Waals surface area contributed by atoms with Crippen LogP contribution in [0.2, 0.25) is 0 Å². The molecule has 53 heavy (non-hydrogen) atoms. The SMILES string of the molecule is CC1(C)C(/C=C/C=C2\N(CCCCCCCC(=O)O)c3ccc4ccccc4c3C2(C)C)=[N+](CCCCCCCC(=O)O)c2ccc3ccccc3c21. The Labute approximate surface area is 315 Å². The minimum atomic E-state index is -0.708. The average Bonchev–Trinajstić information content (AvgIpc) is 3.49.